The minimum atomic E-state index is -0.140. The van der Waals surface area contributed by atoms with Crippen LogP contribution in [0.2, 0.25) is 0 Å². The van der Waals surface area contributed by atoms with Crippen molar-refractivity contribution in [2.24, 2.45) is 0 Å². The van der Waals surface area contributed by atoms with E-state index in [0.29, 0.717) is 11.4 Å². The first kappa shape index (κ1) is 15.7. The first-order chi connectivity index (χ1) is 12.3. The molecular formula is C19H19N5O. The predicted octanol–water partition coefficient (Wildman–Crippen LogP) is 2.56. The Morgan fingerprint density at radius 1 is 1.16 bits per heavy atom. The Labute approximate surface area is 145 Å². The third kappa shape index (κ3) is 3.49. The van der Waals surface area contributed by atoms with Gasteiger partial charge in [-0.05, 0) is 43.1 Å². The zero-order valence-corrected chi connectivity index (χ0v) is 13.8. The van der Waals surface area contributed by atoms with Gasteiger partial charge in [-0.1, -0.05) is 12.1 Å². The summed E-state index contributed by atoms with van der Waals surface area (Å²) in [5.74, 6) is 0.717. The zero-order valence-electron chi connectivity index (χ0n) is 13.8. The minimum absolute atomic E-state index is 0.108. The van der Waals surface area contributed by atoms with Crippen LogP contribution in [0.25, 0.3) is 11.4 Å². The van der Waals surface area contributed by atoms with Gasteiger partial charge in [0.15, 0.2) is 0 Å². The van der Waals surface area contributed by atoms with Crippen LogP contribution in [0.4, 0.5) is 0 Å². The van der Waals surface area contributed by atoms with E-state index in [1.807, 2.05) is 30.5 Å². The number of pyridine rings is 2. The van der Waals surface area contributed by atoms with Crippen molar-refractivity contribution in [2.75, 3.05) is 6.54 Å². The van der Waals surface area contributed by atoms with Crippen LogP contribution in [0.1, 0.15) is 30.3 Å². The molecule has 1 atom stereocenters. The van der Waals surface area contributed by atoms with Gasteiger partial charge in [-0.3, -0.25) is 19.7 Å². The molecule has 0 aromatic carbocycles. The summed E-state index contributed by atoms with van der Waals surface area (Å²) in [7, 11) is 0. The van der Waals surface area contributed by atoms with Gasteiger partial charge in [0.1, 0.15) is 5.82 Å². The maximum absolute atomic E-state index is 12.2. The van der Waals surface area contributed by atoms with Crippen LogP contribution in [0.15, 0.2) is 59.8 Å². The number of aromatic amines is 1. The van der Waals surface area contributed by atoms with E-state index in [-0.39, 0.29) is 11.6 Å². The van der Waals surface area contributed by atoms with Gasteiger partial charge in [0.25, 0.3) is 5.56 Å². The van der Waals surface area contributed by atoms with Crippen molar-refractivity contribution in [1.29, 1.82) is 0 Å². The number of rotatable bonds is 4. The Bertz CT molecular complexity index is 894. The molecule has 1 aliphatic heterocycles. The largest absolute Gasteiger partial charge is 0.309 e. The smallest absolute Gasteiger partial charge is 0.251 e. The molecule has 1 N–H and O–H groups in total. The maximum Gasteiger partial charge on any atom is 0.251 e. The molecule has 0 spiro atoms. The Hall–Kier alpha value is -2.86. The van der Waals surface area contributed by atoms with Gasteiger partial charge in [-0.15, -0.1) is 0 Å². The molecule has 6 nitrogen and oxygen atoms in total. The maximum atomic E-state index is 12.2. The first-order valence-electron chi connectivity index (χ1n) is 8.45. The van der Waals surface area contributed by atoms with Crippen LogP contribution < -0.4 is 5.56 Å². The normalized spacial score (nSPS) is 17.7. The molecule has 4 heterocycles. The molecule has 1 fully saturated rings. The van der Waals surface area contributed by atoms with Crippen LogP contribution in [0, 0.1) is 0 Å². The van der Waals surface area contributed by atoms with Gasteiger partial charge >= 0.3 is 0 Å². The highest BCUT2D eigenvalue weighted by atomic mass is 16.1. The topological polar surface area (TPSA) is 74.8 Å². The van der Waals surface area contributed by atoms with E-state index in [9.17, 15) is 4.79 Å². The fraction of sp³-hybridized carbons (Fsp3) is 0.263. The highest BCUT2D eigenvalue weighted by Gasteiger charge is 2.28. The lowest BCUT2D eigenvalue weighted by Gasteiger charge is -2.23. The molecule has 0 unspecified atom stereocenters. The highest BCUT2D eigenvalue weighted by molar-refractivity contribution is 5.52. The Morgan fingerprint density at radius 3 is 2.92 bits per heavy atom. The average Bonchev–Trinajstić information content (AvgIpc) is 3.11. The van der Waals surface area contributed by atoms with Crippen molar-refractivity contribution < 1.29 is 0 Å². The standard InChI is InChI=1S/C19H19N5O/c25-18-11-16(15-6-1-2-9-21-15)22-19(23-18)17-7-4-10-24(17)13-14-5-3-8-20-12-14/h1-3,5-6,8-9,11-12,17H,4,7,10,13H2,(H,22,23,25)/t17-/m0/s1. The number of nitrogens with one attached hydrogen (secondary N) is 1. The molecule has 6 heteroatoms. The van der Waals surface area contributed by atoms with Crippen molar-refractivity contribution in [1.82, 2.24) is 24.8 Å². The lowest BCUT2D eigenvalue weighted by molar-refractivity contribution is 0.239. The van der Waals surface area contributed by atoms with E-state index in [1.54, 1.807) is 12.4 Å². The molecule has 3 aromatic rings. The molecule has 25 heavy (non-hydrogen) atoms. The summed E-state index contributed by atoms with van der Waals surface area (Å²) >= 11 is 0. The van der Waals surface area contributed by atoms with Crippen molar-refractivity contribution in [2.45, 2.75) is 25.4 Å². The van der Waals surface area contributed by atoms with Gasteiger partial charge in [-0.25, -0.2) is 4.98 Å². The molecule has 1 saturated heterocycles. The molecule has 0 saturated carbocycles. The number of hydrogen-bond donors (Lipinski definition) is 1. The molecule has 1 aliphatic rings. The van der Waals surface area contributed by atoms with E-state index >= 15 is 0 Å². The highest BCUT2D eigenvalue weighted by Crippen LogP contribution is 2.31. The van der Waals surface area contributed by atoms with Crippen molar-refractivity contribution in [3.63, 3.8) is 0 Å². The average molecular weight is 333 g/mol. The quantitative estimate of drug-likeness (QED) is 0.794. The molecule has 3 aromatic heterocycles. The van der Waals surface area contributed by atoms with Gasteiger partial charge in [0, 0.05) is 31.2 Å². The minimum Gasteiger partial charge on any atom is -0.309 e. The number of hydrogen-bond acceptors (Lipinski definition) is 5. The zero-order chi connectivity index (χ0) is 17.1. The second kappa shape index (κ2) is 6.94. The van der Waals surface area contributed by atoms with Crippen LogP contribution in [0.3, 0.4) is 0 Å². The molecule has 0 bridgehead atoms. The third-order valence-corrected chi connectivity index (χ3v) is 4.48. The second-order valence-electron chi connectivity index (χ2n) is 6.22. The summed E-state index contributed by atoms with van der Waals surface area (Å²) < 4.78 is 0. The van der Waals surface area contributed by atoms with Crippen molar-refractivity contribution >= 4 is 0 Å². The lowest BCUT2D eigenvalue weighted by Crippen LogP contribution is -2.26. The third-order valence-electron chi connectivity index (χ3n) is 4.48. The summed E-state index contributed by atoms with van der Waals surface area (Å²) in [5, 5.41) is 0. The van der Waals surface area contributed by atoms with Gasteiger partial charge in [0.2, 0.25) is 0 Å². The first-order valence-corrected chi connectivity index (χ1v) is 8.45. The van der Waals surface area contributed by atoms with E-state index in [1.165, 1.54) is 6.07 Å². The van der Waals surface area contributed by atoms with Crippen LogP contribution in [-0.4, -0.2) is 31.4 Å². The molecule has 0 amide bonds. The summed E-state index contributed by atoms with van der Waals surface area (Å²) in [4.78, 5) is 30.6. The second-order valence-corrected chi connectivity index (χ2v) is 6.22. The Balaban J connectivity index is 1.64. The molecule has 4 rings (SSSR count). The van der Waals surface area contributed by atoms with Gasteiger partial charge < -0.3 is 4.98 Å². The van der Waals surface area contributed by atoms with E-state index < -0.39 is 0 Å². The molecular weight excluding hydrogens is 314 g/mol. The van der Waals surface area contributed by atoms with Gasteiger partial charge in [-0.2, -0.15) is 0 Å². The molecule has 126 valence electrons. The predicted molar refractivity (Wildman–Crippen MR) is 94.7 cm³/mol. The summed E-state index contributed by atoms with van der Waals surface area (Å²) in [6, 6.07) is 11.3. The van der Waals surface area contributed by atoms with Crippen LogP contribution >= 0.6 is 0 Å². The SMILES string of the molecule is O=c1cc(-c2ccccn2)nc([C@@H]2CCCN2Cc2cccnc2)[nH]1. The Morgan fingerprint density at radius 2 is 2.12 bits per heavy atom. The van der Waals surface area contributed by atoms with E-state index in [0.717, 1.165) is 37.3 Å². The number of H-pyrrole nitrogens is 1. The lowest BCUT2D eigenvalue weighted by atomic mass is 10.1. The fourth-order valence-corrected chi connectivity index (χ4v) is 3.33. The van der Waals surface area contributed by atoms with Crippen LogP contribution in [-0.2, 0) is 6.54 Å². The molecule has 0 aliphatic carbocycles. The summed E-state index contributed by atoms with van der Waals surface area (Å²) in [6.45, 7) is 1.78. The van der Waals surface area contributed by atoms with E-state index in [2.05, 4.69) is 25.9 Å². The number of likely N-dealkylation sites (tertiary alicyclic amines) is 1. The fourth-order valence-electron chi connectivity index (χ4n) is 3.33. The number of aromatic nitrogens is 4. The molecule has 0 radical (unpaired) electrons. The van der Waals surface area contributed by atoms with E-state index in [4.69, 9.17) is 4.98 Å². The van der Waals surface area contributed by atoms with Crippen molar-refractivity contribution in [3.8, 4) is 11.4 Å². The summed E-state index contributed by atoms with van der Waals surface area (Å²) in [6.07, 6.45) is 7.44. The van der Waals surface area contributed by atoms with Crippen molar-refractivity contribution in [3.05, 3.63) is 76.7 Å². The number of nitrogens with zero attached hydrogens (tertiary/aromatic N) is 4. The van der Waals surface area contributed by atoms with Crippen LogP contribution in [0.5, 0.6) is 0 Å². The Kier molecular flexibility index (Phi) is 4.35. The monoisotopic (exact) mass is 333 g/mol. The van der Waals surface area contributed by atoms with Gasteiger partial charge in [0.05, 0.1) is 17.4 Å². The summed E-state index contributed by atoms with van der Waals surface area (Å²) in [5.41, 5.74) is 2.36.